The maximum atomic E-state index is 10.8. The number of pyridine rings is 1. The standard InChI is InChI=1S/C11H12N2O3/c1-16-10(14)7-3-5-8-4-2-6-9(13-8)11(12)15/h2-6H,7H2,1H3,(H2,12,15). The average molecular weight is 220 g/mol. The molecule has 16 heavy (non-hydrogen) atoms. The van der Waals surface area contributed by atoms with Crippen LogP contribution in [0.3, 0.4) is 0 Å². The largest absolute Gasteiger partial charge is 0.469 e. The van der Waals surface area contributed by atoms with Crippen LogP contribution in [0.25, 0.3) is 6.08 Å². The summed E-state index contributed by atoms with van der Waals surface area (Å²) in [6.45, 7) is 0. The van der Waals surface area contributed by atoms with E-state index in [9.17, 15) is 9.59 Å². The first-order chi connectivity index (χ1) is 7.63. The molecule has 1 amide bonds. The van der Waals surface area contributed by atoms with Gasteiger partial charge in [0.1, 0.15) is 5.69 Å². The maximum absolute atomic E-state index is 10.8. The first-order valence-corrected chi connectivity index (χ1v) is 4.63. The van der Waals surface area contributed by atoms with Crippen molar-refractivity contribution >= 4 is 18.0 Å². The molecule has 0 aliphatic rings. The number of rotatable bonds is 4. The number of esters is 1. The van der Waals surface area contributed by atoms with Crippen LogP contribution in [0.4, 0.5) is 0 Å². The van der Waals surface area contributed by atoms with E-state index in [0.717, 1.165) is 0 Å². The summed E-state index contributed by atoms with van der Waals surface area (Å²) in [5, 5.41) is 0. The molecule has 1 heterocycles. The summed E-state index contributed by atoms with van der Waals surface area (Å²) in [6, 6.07) is 4.91. The van der Waals surface area contributed by atoms with Crippen LogP contribution < -0.4 is 5.73 Å². The van der Waals surface area contributed by atoms with E-state index in [1.807, 2.05) is 0 Å². The predicted molar refractivity (Wildman–Crippen MR) is 58.4 cm³/mol. The van der Waals surface area contributed by atoms with E-state index in [0.29, 0.717) is 5.69 Å². The number of amides is 1. The highest BCUT2D eigenvalue weighted by Crippen LogP contribution is 2.02. The van der Waals surface area contributed by atoms with E-state index in [1.54, 1.807) is 24.3 Å². The number of ether oxygens (including phenoxy) is 1. The number of primary amides is 1. The minimum Gasteiger partial charge on any atom is -0.469 e. The first kappa shape index (κ1) is 11.9. The molecule has 0 aliphatic heterocycles. The van der Waals surface area contributed by atoms with Crippen LogP contribution in [0.15, 0.2) is 24.3 Å². The van der Waals surface area contributed by atoms with E-state index in [1.165, 1.54) is 13.2 Å². The van der Waals surface area contributed by atoms with Crippen molar-refractivity contribution in [3.8, 4) is 0 Å². The number of hydrogen-bond donors (Lipinski definition) is 1. The van der Waals surface area contributed by atoms with E-state index < -0.39 is 5.91 Å². The fourth-order valence-corrected chi connectivity index (χ4v) is 1.04. The minimum absolute atomic E-state index is 0.166. The van der Waals surface area contributed by atoms with Gasteiger partial charge in [-0.15, -0.1) is 0 Å². The van der Waals surface area contributed by atoms with Gasteiger partial charge in [-0.3, -0.25) is 9.59 Å². The van der Waals surface area contributed by atoms with Crippen LogP contribution >= 0.6 is 0 Å². The van der Waals surface area contributed by atoms with Crippen LogP contribution in [0.5, 0.6) is 0 Å². The number of hydrogen-bond acceptors (Lipinski definition) is 4. The second-order valence-corrected chi connectivity index (χ2v) is 2.99. The Labute approximate surface area is 92.9 Å². The first-order valence-electron chi connectivity index (χ1n) is 4.63. The second-order valence-electron chi connectivity index (χ2n) is 2.99. The minimum atomic E-state index is -0.580. The van der Waals surface area contributed by atoms with Crippen LogP contribution in [0, 0.1) is 0 Å². The quantitative estimate of drug-likeness (QED) is 0.759. The highest BCUT2D eigenvalue weighted by Gasteiger charge is 2.01. The molecule has 0 aromatic carbocycles. The average Bonchev–Trinajstić information content (AvgIpc) is 2.29. The molecule has 0 atom stereocenters. The molecule has 0 spiro atoms. The molecule has 1 aromatic heterocycles. The van der Waals surface area contributed by atoms with Gasteiger partial charge in [-0.2, -0.15) is 0 Å². The lowest BCUT2D eigenvalue weighted by Gasteiger charge is -1.96. The lowest BCUT2D eigenvalue weighted by molar-refractivity contribution is -0.139. The molecule has 5 heteroatoms. The number of methoxy groups -OCH3 is 1. The molecule has 0 bridgehead atoms. The molecule has 2 N–H and O–H groups in total. The topological polar surface area (TPSA) is 82.3 Å². The van der Waals surface area contributed by atoms with E-state index >= 15 is 0 Å². The molecule has 1 aromatic rings. The summed E-state index contributed by atoms with van der Waals surface area (Å²) in [6.07, 6.45) is 3.40. The summed E-state index contributed by atoms with van der Waals surface area (Å²) in [5.41, 5.74) is 5.85. The van der Waals surface area contributed by atoms with Gasteiger partial charge in [0.05, 0.1) is 19.2 Å². The van der Waals surface area contributed by atoms with Gasteiger partial charge in [0.25, 0.3) is 5.91 Å². The van der Waals surface area contributed by atoms with Gasteiger partial charge in [-0.1, -0.05) is 12.1 Å². The van der Waals surface area contributed by atoms with Crippen molar-refractivity contribution in [3.63, 3.8) is 0 Å². The number of carbonyl (C=O) groups is 2. The third-order valence-electron chi connectivity index (χ3n) is 1.82. The third kappa shape index (κ3) is 3.53. The van der Waals surface area contributed by atoms with Gasteiger partial charge in [0.15, 0.2) is 0 Å². The van der Waals surface area contributed by atoms with Crippen molar-refractivity contribution < 1.29 is 14.3 Å². The zero-order valence-electron chi connectivity index (χ0n) is 8.84. The van der Waals surface area contributed by atoms with Crippen molar-refractivity contribution in [2.24, 2.45) is 5.73 Å². The fraction of sp³-hybridized carbons (Fsp3) is 0.182. The van der Waals surface area contributed by atoms with Crippen molar-refractivity contribution in [2.45, 2.75) is 6.42 Å². The Morgan fingerprint density at radius 3 is 2.88 bits per heavy atom. The number of aromatic nitrogens is 1. The Morgan fingerprint density at radius 1 is 1.50 bits per heavy atom. The molecule has 0 radical (unpaired) electrons. The van der Waals surface area contributed by atoms with Gasteiger partial charge in [0, 0.05) is 0 Å². The van der Waals surface area contributed by atoms with Crippen LogP contribution in [0.2, 0.25) is 0 Å². The van der Waals surface area contributed by atoms with Gasteiger partial charge in [-0.05, 0) is 18.2 Å². The van der Waals surface area contributed by atoms with Crippen LogP contribution in [-0.4, -0.2) is 24.0 Å². The summed E-state index contributed by atoms with van der Waals surface area (Å²) in [4.78, 5) is 25.6. The third-order valence-corrected chi connectivity index (χ3v) is 1.82. The normalized spacial score (nSPS) is 10.3. The molecule has 5 nitrogen and oxygen atoms in total. The van der Waals surface area contributed by atoms with Gasteiger partial charge >= 0.3 is 5.97 Å². The summed E-state index contributed by atoms with van der Waals surface area (Å²) in [5.74, 6) is -0.912. The Balaban J connectivity index is 2.70. The van der Waals surface area contributed by atoms with Gasteiger partial charge in [0.2, 0.25) is 0 Å². The Hall–Kier alpha value is -2.17. The van der Waals surface area contributed by atoms with Crippen molar-refractivity contribution in [1.82, 2.24) is 4.98 Å². The van der Waals surface area contributed by atoms with Crippen molar-refractivity contribution in [3.05, 3.63) is 35.7 Å². The lowest BCUT2D eigenvalue weighted by atomic mass is 10.2. The summed E-state index contributed by atoms with van der Waals surface area (Å²) >= 11 is 0. The molecule has 0 aliphatic carbocycles. The molecule has 0 fully saturated rings. The zero-order chi connectivity index (χ0) is 12.0. The number of carbonyl (C=O) groups excluding carboxylic acids is 2. The molecular weight excluding hydrogens is 208 g/mol. The molecule has 1 rings (SSSR count). The van der Waals surface area contributed by atoms with Crippen LogP contribution in [0.1, 0.15) is 22.6 Å². The van der Waals surface area contributed by atoms with E-state index in [4.69, 9.17) is 5.73 Å². The van der Waals surface area contributed by atoms with E-state index in [-0.39, 0.29) is 18.1 Å². The van der Waals surface area contributed by atoms with Gasteiger partial charge in [-0.25, -0.2) is 4.98 Å². The Kier molecular flexibility index (Phi) is 4.20. The lowest BCUT2D eigenvalue weighted by Crippen LogP contribution is -2.13. The summed E-state index contributed by atoms with van der Waals surface area (Å²) < 4.78 is 4.47. The molecule has 0 saturated carbocycles. The Morgan fingerprint density at radius 2 is 2.25 bits per heavy atom. The second kappa shape index (κ2) is 5.65. The fourth-order valence-electron chi connectivity index (χ4n) is 1.04. The molecule has 0 saturated heterocycles. The highest BCUT2D eigenvalue weighted by atomic mass is 16.5. The zero-order valence-corrected chi connectivity index (χ0v) is 8.84. The Bertz CT molecular complexity index is 427. The molecule has 0 unspecified atom stereocenters. The SMILES string of the molecule is COC(=O)CC=Cc1cccc(C(N)=O)n1. The molecule has 84 valence electrons. The van der Waals surface area contributed by atoms with E-state index in [2.05, 4.69) is 9.72 Å². The number of nitrogens with zero attached hydrogens (tertiary/aromatic N) is 1. The van der Waals surface area contributed by atoms with Crippen LogP contribution in [-0.2, 0) is 9.53 Å². The van der Waals surface area contributed by atoms with Crippen molar-refractivity contribution in [2.75, 3.05) is 7.11 Å². The predicted octanol–water partition coefficient (Wildman–Crippen LogP) is 0.757. The van der Waals surface area contributed by atoms with Gasteiger partial charge < -0.3 is 10.5 Å². The number of nitrogens with two attached hydrogens (primary N) is 1. The molecular formula is C11H12N2O3. The highest BCUT2D eigenvalue weighted by molar-refractivity contribution is 5.90. The van der Waals surface area contributed by atoms with Crippen molar-refractivity contribution in [1.29, 1.82) is 0 Å². The monoisotopic (exact) mass is 220 g/mol. The maximum Gasteiger partial charge on any atom is 0.309 e. The summed E-state index contributed by atoms with van der Waals surface area (Å²) in [7, 11) is 1.32. The smallest absolute Gasteiger partial charge is 0.309 e.